The van der Waals surface area contributed by atoms with Crippen LogP contribution in [-0.2, 0) is 6.61 Å². The van der Waals surface area contributed by atoms with Gasteiger partial charge >= 0.3 is 0 Å². The number of nitrogens with two attached hydrogens (primary N) is 1. The maximum Gasteiger partial charge on any atom is 0.242 e. The molecule has 0 spiro atoms. The van der Waals surface area contributed by atoms with Crippen molar-refractivity contribution < 1.29 is 9.84 Å². The summed E-state index contributed by atoms with van der Waals surface area (Å²) in [6.45, 7) is -0.0804. The van der Waals surface area contributed by atoms with Gasteiger partial charge in [0.1, 0.15) is 5.75 Å². The van der Waals surface area contributed by atoms with Crippen molar-refractivity contribution in [2.24, 2.45) is 0 Å². The molecule has 0 saturated carbocycles. The fraction of sp³-hybridized carbons (Fsp3) is 0.0833. The van der Waals surface area contributed by atoms with Crippen molar-refractivity contribution in [2.75, 3.05) is 5.73 Å². The predicted molar refractivity (Wildman–Crippen MR) is 61.1 cm³/mol. The van der Waals surface area contributed by atoms with E-state index in [0.717, 1.165) is 0 Å². The van der Waals surface area contributed by atoms with E-state index < -0.39 is 0 Å². The lowest BCUT2D eigenvalue weighted by Crippen LogP contribution is -1.96. The molecule has 0 aliphatic carbocycles. The maximum atomic E-state index is 9.13. The summed E-state index contributed by atoms with van der Waals surface area (Å²) in [6, 6.07) is 10.7. The van der Waals surface area contributed by atoms with Crippen molar-refractivity contribution in [1.82, 2.24) is 4.98 Å². The Labute approximate surface area is 93.3 Å². The first-order chi connectivity index (χ1) is 7.81. The van der Waals surface area contributed by atoms with E-state index in [9.17, 15) is 0 Å². The molecule has 0 aliphatic heterocycles. The van der Waals surface area contributed by atoms with Crippen LogP contribution in [0.5, 0.6) is 11.6 Å². The van der Waals surface area contributed by atoms with Gasteiger partial charge in [0, 0.05) is 11.8 Å². The number of para-hydroxylation sites is 1. The molecule has 2 aromatic rings. The number of anilines is 1. The van der Waals surface area contributed by atoms with Gasteiger partial charge in [0.25, 0.3) is 0 Å². The van der Waals surface area contributed by atoms with Crippen molar-refractivity contribution in [1.29, 1.82) is 0 Å². The highest BCUT2D eigenvalue weighted by Crippen LogP contribution is 2.27. The number of nitrogens with zero attached hydrogens (tertiary/aromatic N) is 1. The third-order valence-electron chi connectivity index (χ3n) is 2.15. The number of aliphatic hydroxyl groups excluding tert-OH is 1. The Morgan fingerprint density at radius 2 is 2.00 bits per heavy atom. The zero-order valence-electron chi connectivity index (χ0n) is 8.63. The lowest BCUT2D eigenvalue weighted by molar-refractivity contribution is 0.276. The molecule has 0 saturated heterocycles. The van der Waals surface area contributed by atoms with E-state index in [1.54, 1.807) is 30.5 Å². The van der Waals surface area contributed by atoms with Crippen molar-refractivity contribution in [3.05, 3.63) is 48.2 Å². The van der Waals surface area contributed by atoms with Gasteiger partial charge in [-0.3, -0.25) is 0 Å². The van der Waals surface area contributed by atoms with Crippen LogP contribution in [-0.4, -0.2) is 10.1 Å². The van der Waals surface area contributed by atoms with E-state index in [0.29, 0.717) is 22.9 Å². The molecule has 0 fully saturated rings. The molecular formula is C12H12N2O2. The Hall–Kier alpha value is -2.07. The molecule has 1 aromatic heterocycles. The summed E-state index contributed by atoms with van der Waals surface area (Å²) in [4.78, 5) is 4.02. The van der Waals surface area contributed by atoms with Gasteiger partial charge in [0.05, 0.1) is 12.3 Å². The minimum atomic E-state index is -0.0804. The van der Waals surface area contributed by atoms with Crippen LogP contribution in [0.25, 0.3) is 0 Å². The summed E-state index contributed by atoms with van der Waals surface area (Å²) in [5.74, 6) is 0.916. The summed E-state index contributed by atoms with van der Waals surface area (Å²) in [5, 5.41) is 9.13. The number of nitrogen functional groups attached to an aromatic ring is 1. The molecule has 0 aliphatic rings. The highest BCUT2D eigenvalue weighted by atomic mass is 16.5. The third-order valence-corrected chi connectivity index (χ3v) is 2.15. The number of hydrogen-bond donors (Lipinski definition) is 2. The molecule has 4 heteroatoms. The quantitative estimate of drug-likeness (QED) is 0.822. The summed E-state index contributed by atoms with van der Waals surface area (Å²) >= 11 is 0. The van der Waals surface area contributed by atoms with Gasteiger partial charge in [-0.05, 0) is 18.2 Å². The minimum Gasteiger partial charge on any atom is -0.437 e. The van der Waals surface area contributed by atoms with Crippen LogP contribution in [0.3, 0.4) is 0 Å². The summed E-state index contributed by atoms with van der Waals surface area (Å²) in [7, 11) is 0. The molecule has 0 bridgehead atoms. The van der Waals surface area contributed by atoms with E-state index >= 15 is 0 Å². The molecule has 0 atom stereocenters. The molecule has 0 unspecified atom stereocenters. The van der Waals surface area contributed by atoms with Crippen molar-refractivity contribution in [3.8, 4) is 11.6 Å². The van der Waals surface area contributed by atoms with Crippen LogP contribution in [0, 0.1) is 0 Å². The number of hydrogen-bond acceptors (Lipinski definition) is 4. The first-order valence-electron chi connectivity index (χ1n) is 4.88. The largest absolute Gasteiger partial charge is 0.437 e. The Bertz CT molecular complexity index is 486. The van der Waals surface area contributed by atoms with E-state index in [1.807, 2.05) is 12.1 Å². The predicted octanol–water partition coefficient (Wildman–Crippen LogP) is 1.95. The fourth-order valence-electron chi connectivity index (χ4n) is 1.33. The molecular weight excluding hydrogens is 204 g/mol. The smallest absolute Gasteiger partial charge is 0.242 e. The first-order valence-corrected chi connectivity index (χ1v) is 4.88. The second-order valence-corrected chi connectivity index (χ2v) is 3.27. The monoisotopic (exact) mass is 216 g/mol. The molecule has 1 aromatic carbocycles. The van der Waals surface area contributed by atoms with Crippen molar-refractivity contribution >= 4 is 5.69 Å². The molecule has 16 heavy (non-hydrogen) atoms. The van der Waals surface area contributed by atoms with Gasteiger partial charge in [-0.2, -0.15) is 0 Å². The van der Waals surface area contributed by atoms with Gasteiger partial charge in [-0.15, -0.1) is 0 Å². The third kappa shape index (κ3) is 2.12. The summed E-state index contributed by atoms with van der Waals surface area (Å²) in [5.41, 5.74) is 6.88. The number of rotatable bonds is 3. The normalized spacial score (nSPS) is 10.1. The fourth-order valence-corrected chi connectivity index (χ4v) is 1.33. The Morgan fingerprint density at radius 1 is 1.19 bits per heavy atom. The van der Waals surface area contributed by atoms with Crippen LogP contribution in [0.15, 0.2) is 42.6 Å². The molecule has 1 heterocycles. The van der Waals surface area contributed by atoms with Crippen LogP contribution in [0.2, 0.25) is 0 Å². The van der Waals surface area contributed by atoms with Gasteiger partial charge in [0.15, 0.2) is 0 Å². The summed E-state index contributed by atoms with van der Waals surface area (Å²) < 4.78 is 5.54. The number of benzene rings is 1. The van der Waals surface area contributed by atoms with Gasteiger partial charge in [0.2, 0.25) is 5.88 Å². The second-order valence-electron chi connectivity index (χ2n) is 3.27. The van der Waals surface area contributed by atoms with Crippen LogP contribution >= 0.6 is 0 Å². The summed E-state index contributed by atoms with van der Waals surface area (Å²) in [6.07, 6.45) is 1.60. The average molecular weight is 216 g/mol. The topological polar surface area (TPSA) is 68.4 Å². The SMILES string of the molecule is Nc1cccnc1Oc1ccccc1CO. The lowest BCUT2D eigenvalue weighted by Gasteiger charge is -2.09. The van der Waals surface area contributed by atoms with E-state index in [2.05, 4.69) is 4.98 Å². The van der Waals surface area contributed by atoms with Crippen molar-refractivity contribution in [3.63, 3.8) is 0 Å². The molecule has 2 rings (SSSR count). The van der Waals surface area contributed by atoms with Gasteiger partial charge in [-0.25, -0.2) is 4.98 Å². The van der Waals surface area contributed by atoms with Gasteiger partial charge in [-0.1, -0.05) is 18.2 Å². The first kappa shape index (κ1) is 10.4. The Morgan fingerprint density at radius 3 is 2.75 bits per heavy atom. The number of ether oxygens (including phenoxy) is 1. The molecule has 4 nitrogen and oxygen atoms in total. The Balaban J connectivity index is 2.30. The standard InChI is InChI=1S/C12H12N2O2/c13-10-5-3-7-14-12(10)16-11-6-2-1-4-9(11)8-15/h1-7,15H,8,13H2. The number of aliphatic hydroxyl groups is 1. The van der Waals surface area contributed by atoms with E-state index in [1.165, 1.54) is 0 Å². The molecule has 0 radical (unpaired) electrons. The minimum absolute atomic E-state index is 0.0804. The van der Waals surface area contributed by atoms with E-state index in [-0.39, 0.29) is 6.61 Å². The van der Waals surface area contributed by atoms with Crippen LogP contribution < -0.4 is 10.5 Å². The molecule has 82 valence electrons. The van der Waals surface area contributed by atoms with E-state index in [4.69, 9.17) is 15.6 Å². The lowest BCUT2D eigenvalue weighted by atomic mass is 10.2. The maximum absolute atomic E-state index is 9.13. The molecule has 3 N–H and O–H groups in total. The highest BCUT2D eigenvalue weighted by molar-refractivity contribution is 5.49. The highest BCUT2D eigenvalue weighted by Gasteiger charge is 2.06. The Kier molecular flexibility index (Phi) is 3.03. The van der Waals surface area contributed by atoms with Gasteiger partial charge < -0.3 is 15.6 Å². The second kappa shape index (κ2) is 4.63. The van der Waals surface area contributed by atoms with Crippen molar-refractivity contribution in [2.45, 2.75) is 6.61 Å². The zero-order valence-corrected chi connectivity index (χ0v) is 8.63. The van der Waals surface area contributed by atoms with Crippen LogP contribution in [0.4, 0.5) is 5.69 Å². The average Bonchev–Trinajstić information content (AvgIpc) is 2.33. The van der Waals surface area contributed by atoms with Crippen LogP contribution in [0.1, 0.15) is 5.56 Å². The zero-order chi connectivity index (χ0) is 11.4. The molecule has 0 amide bonds. The number of aromatic nitrogens is 1. The number of pyridine rings is 1.